The monoisotopic (exact) mass is 283 g/mol. The highest BCUT2D eigenvalue weighted by atomic mass is 19.4. The van der Waals surface area contributed by atoms with Crippen molar-refractivity contribution in [2.45, 2.75) is 44.3 Å². The molecule has 0 aliphatic heterocycles. The topological polar surface area (TPSA) is 12.0 Å². The van der Waals surface area contributed by atoms with Crippen LogP contribution < -0.4 is 5.32 Å². The Labute approximate surface area is 117 Å². The Hall–Kier alpha value is -1.29. The van der Waals surface area contributed by atoms with Crippen LogP contribution in [0.5, 0.6) is 0 Å². The van der Waals surface area contributed by atoms with Crippen LogP contribution in [0, 0.1) is 0 Å². The highest BCUT2D eigenvalue weighted by molar-refractivity contribution is 5.33. The summed E-state index contributed by atoms with van der Waals surface area (Å²) in [6.07, 6.45) is 2.93. The molecule has 0 saturated carbocycles. The van der Waals surface area contributed by atoms with Crippen molar-refractivity contribution in [1.82, 2.24) is 5.32 Å². The van der Waals surface area contributed by atoms with E-state index in [0.717, 1.165) is 25.3 Å². The summed E-state index contributed by atoms with van der Waals surface area (Å²) in [7, 11) is 1.72. The Morgan fingerprint density at radius 1 is 1.20 bits per heavy atom. The molecule has 0 aromatic heterocycles. The first-order valence-electron chi connectivity index (χ1n) is 7.03. The van der Waals surface area contributed by atoms with Gasteiger partial charge in [0.15, 0.2) is 0 Å². The molecule has 0 radical (unpaired) electrons. The highest BCUT2D eigenvalue weighted by Crippen LogP contribution is 2.37. The van der Waals surface area contributed by atoms with Gasteiger partial charge in [-0.05, 0) is 50.8 Å². The Balaban J connectivity index is 2.25. The van der Waals surface area contributed by atoms with E-state index in [2.05, 4.69) is 11.4 Å². The summed E-state index contributed by atoms with van der Waals surface area (Å²) in [6.45, 7) is 0. The van der Waals surface area contributed by atoms with E-state index in [0.29, 0.717) is 12.0 Å². The van der Waals surface area contributed by atoms with Crippen LogP contribution in [0.25, 0.3) is 0 Å². The number of halogens is 3. The Kier molecular flexibility index (Phi) is 4.86. The van der Waals surface area contributed by atoms with E-state index in [1.54, 1.807) is 19.2 Å². The van der Waals surface area contributed by atoms with Gasteiger partial charge in [0.25, 0.3) is 0 Å². The molecule has 0 fully saturated rings. The number of benzene rings is 1. The van der Waals surface area contributed by atoms with Gasteiger partial charge < -0.3 is 5.32 Å². The zero-order valence-electron chi connectivity index (χ0n) is 11.6. The van der Waals surface area contributed by atoms with Crippen LogP contribution in [0.2, 0.25) is 0 Å². The molecule has 1 nitrogen and oxygen atoms in total. The van der Waals surface area contributed by atoms with Crippen molar-refractivity contribution in [3.8, 4) is 0 Å². The fourth-order valence-electron chi connectivity index (χ4n) is 2.78. The second-order valence-corrected chi connectivity index (χ2v) is 5.24. The molecule has 4 heteroatoms. The SMILES string of the molecule is CNC(CC1=CCCCC1)c1ccccc1C(F)(F)F. The molecule has 110 valence electrons. The van der Waals surface area contributed by atoms with E-state index in [1.807, 2.05) is 0 Å². The lowest BCUT2D eigenvalue weighted by Crippen LogP contribution is -2.21. The zero-order valence-corrected chi connectivity index (χ0v) is 11.6. The summed E-state index contributed by atoms with van der Waals surface area (Å²) in [5.41, 5.74) is 1.08. The lowest BCUT2D eigenvalue weighted by atomic mass is 9.90. The Morgan fingerprint density at radius 2 is 1.95 bits per heavy atom. The molecule has 0 spiro atoms. The van der Waals surface area contributed by atoms with Crippen LogP contribution in [0.3, 0.4) is 0 Å². The van der Waals surface area contributed by atoms with Crippen molar-refractivity contribution in [1.29, 1.82) is 0 Å². The van der Waals surface area contributed by atoms with Crippen LogP contribution in [-0.2, 0) is 6.18 Å². The molecule has 1 aliphatic rings. The molecular formula is C16H20F3N. The fraction of sp³-hybridized carbons (Fsp3) is 0.500. The smallest absolute Gasteiger partial charge is 0.313 e. The van der Waals surface area contributed by atoms with Crippen LogP contribution >= 0.6 is 0 Å². The van der Waals surface area contributed by atoms with Crippen LogP contribution in [0.4, 0.5) is 13.2 Å². The van der Waals surface area contributed by atoms with Crippen LogP contribution in [-0.4, -0.2) is 7.05 Å². The predicted molar refractivity (Wildman–Crippen MR) is 74.4 cm³/mol. The molecule has 1 aromatic carbocycles. The molecule has 0 bridgehead atoms. The molecule has 0 heterocycles. The molecular weight excluding hydrogens is 263 g/mol. The van der Waals surface area contributed by atoms with E-state index >= 15 is 0 Å². The summed E-state index contributed by atoms with van der Waals surface area (Å²) in [6, 6.07) is 5.57. The predicted octanol–water partition coefficient (Wildman–Crippen LogP) is 4.86. The van der Waals surface area contributed by atoms with Gasteiger partial charge in [-0.15, -0.1) is 0 Å². The average Bonchev–Trinajstić information content (AvgIpc) is 2.45. The second kappa shape index (κ2) is 6.44. The molecule has 1 N–H and O–H groups in total. The van der Waals surface area contributed by atoms with Gasteiger partial charge in [-0.3, -0.25) is 0 Å². The van der Waals surface area contributed by atoms with Crippen molar-refractivity contribution in [2.24, 2.45) is 0 Å². The summed E-state index contributed by atoms with van der Waals surface area (Å²) in [5.74, 6) is 0. The molecule has 1 unspecified atom stereocenters. The standard InChI is InChI=1S/C16H20F3N/c1-20-15(11-12-7-3-2-4-8-12)13-9-5-6-10-14(13)16(17,18)19/h5-7,9-10,15,20H,2-4,8,11H2,1H3. The Morgan fingerprint density at radius 3 is 2.55 bits per heavy atom. The van der Waals surface area contributed by atoms with Crippen LogP contribution in [0.15, 0.2) is 35.9 Å². The third-order valence-corrected chi connectivity index (χ3v) is 3.84. The minimum absolute atomic E-state index is 0.280. The first kappa shape index (κ1) is 15.1. The van der Waals surface area contributed by atoms with Gasteiger partial charge in [-0.1, -0.05) is 29.8 Å². The maximum absolute atomic E-state index is 13.1. The van der Waals surface area contributed by atoms with Crippen molar-refractivity contribution in [3.63, 3.8) is 0 Å². The first-order valence-corrected chi connectivity index (χ1v) is 7.03. The lowest BCUT2D eigenvalue weighted by molar-refractivity contribution is -0.138. The van der Waals surface area contributed by atoms with Crippen molar-refractivity contribution in [2.75, 3.05) is 7.05 Å². The van der Waals surface area contributed by atoms with Gasteiger partial charge >= 0.3 is 6.18 Å². The number of nitrogens with one attached hydrogen (secondary N) is 1. The maximum Gasteiger partial charge on any atom is 0.416 e. The first-order chi connectivity index (χ1) is 9.52. The van der Waals surface area contributed by atoms with Crippen molar-refractivity contribution in [3.05, 3.63) is 47.0 Å². The summed E-state index contributed by atoms with van der Waals surface area (Å²) < 4.78 is 39.2. The van der Waals surface area contributed by atoms with E-state index in [1.165, 1.54) is 18.1 Å². The van der Waals surface area contributed by atoms with Gasteiger partial charge in [-0.25, -0.2) is 0 Å². The van der Waals surface area contributed by atoms with E-state index in [-0.39, 0.29) is 6.04 Å². The van der Waals surface area contributed by atoms with E-state index in [4.69, 9.17) is 0 Å². The number of alkyl halides is 3. The molecule has 2 rings (SSSR count). The molecule has 1 atom stereocenters. The minimum atomic E-state index is -4.30. The number of hydrogen-bond acceptors (Lipinski definition) is 1. The zero-order chi connectivity index (χ0) is 14.6. The second-order valence-electron chi connectivity index (χ2n) is 5.24. The third-order valence-electron chi connectivity index (χ3n) is 3.84. The summed E-state index contributed by atoms with van der Waals surface area (Å²) in [4.78, 5) is 0. The van der Waals surface area contributed by atoms with Crippen LogP contribution in [0.1, 0.15) is 49.3 Å². The number of hydrogen-bond donors (Lipinski definition) is 1. The number of allylic oxidation sites excluding steroid dienone is 1. The van der Waals surface area contributed by atoms with E-state index in [9.17, 15) is 13.2 Å². The molecule has 1 aliphatic carbocycles. The molecule has 20 heavy (non-hydrogen) atoms. The Bertz CT molecular complexity index is 477. The molecule has 0 amide bonds. The molecule has 1 aromatic rings. The van der Waals surface area contributed by atoms with Gasteiger partial charge in [-0.2, -0.15) is 13.2 Å². The fourth-order valence-corrected chi connectivity index (χ4v) is 2.78. The summed E-state index contributed by atoms with van der Waals surface area (Å²) in [5, 5.41) is 3.04. The summed E-state index contributed by atoms with van der Waals surface area (Å²) >= 11 is 0. The van der Waals surface area contributed by atoms with Gasteiger partial charge in [0.05, 0.1) is 5.56 Å². The molecule has 0 saturated heterocycles. The van der Waals surface area contributed by atoms with Gasteiger partial charge in [0, 0.05) is 6.04 Å². The number of rotatable bonds is 4. The lowest BCUT2D eigenvalue weighted by Gasteiger charge is -2.23. The highest BCUT2D eigenvalue weighted by Gasteiger charge is 2.34. The van der Waals surface area contributed by atoms with Gasteiger partial charge in [0.1, 0.15) is 0 Å². The van der Waals surface area contributed by atoms with Gasteiger partial charge in [0.2, 0.25) is 0 Å². The van der Waals surface area contributed by atoms with Crippen molar-refractivity contribution >= 4 is 0 Å². The average molecular weight is 283 g/mol. The maximum atomic E-state index is 13.1. The third kappa shape index (κ3) is 3.63. The normalized spacial score (nSPS) is 17.7. The van der Waals surface area contributed by atoms with E-state index < -0.39 is 11.7 Å². The largest absolute Gasteiger partial charge is 0.416 e. The minimum Gasteiger partial charge on any atom is -0.313 e. The quantitative estimate of drug-likeness (QED) is 0.778. The van der Waals surface area contributed by atoms with Crippen molar-refractivity contribution < 1.29 is 13.2 Å².